The van der Waals surface area contributed by atoms with Gasteiger partial charge in [-0.1, -0.05) is 6.07 Å². The summed E-state index contributed by atoms with van der Waals surface area (Å²) in [6.07, 6.45) is 6.70. The zero-order valence-corrected chi connectivity index (χ0v) is 14.5. The molecule has 1 fully saturated rings. The van der Waals surface area contributed by atoms with E-state index in [0.717, 1.165) is 35.3 Å². The van der Waals surface area contributed by atoms with Crippen molar-refractivity contribution in [3.8, 4) is 16.9 Å². The smallest absolute Gasteiger partial charge is 0.283 e. The van der Waals surface area contributed by atoms with Gasteiger partial charge < -0.3 is 19.9 Å². The summed E-state index contributed by atoms with van der Waals surface area (Å²) in [5.41, 5.74) is 7.63. The molecule has 5 rings (SSSR count). The maximum Gasteiger partial charge on any atom is 0.283 e. The fourth-order valence-electron chi connectivity index (χ4n) is 4.37. The lowest BCUT2D eigenvalue weighted by molar-refractivity contribution is -0.167. The number of benzene rings is 1. The lowest BCUT2D eigenvalue weighted by atomic mass is 9.72. The van der Waals surface area contributed by atoms with E-state index >= 15 is 0 Å². The largest absolute Gasteiger partial charge is 0.484 e. The number of aromatic nitrogens is 2. The molecule has 4 heterocycles. The number of nitrogens with two attached hydrogens (primary N) is 1. The van der Waals surface area contributed by atoms with Gasteiger partial charge in [0.15, 0.2) is 5.54 Å². The van der Waals surface area contributed by atoms with E-state index in [9.17, 15) is 0 Å². The van der Waals surface area contributed by atoms with Crippen LogP contribution < -0.4 is 10.5 Å². The summed E-state index contributed by atoms with van der Waals surface area (Å²) in [4.78, 5) is 12.9. The van der Waals surface area contributed by atoms with Crippen LogP contribution in [-0.4, -0.2) is 40.9 Å². The summed E-state index contributed by atoms with van der Waals surface area (Å²) in [6.45, 7) is 3.12. The van der Waals surface area contributed by atoms with Crippen molar-refractivity contribution in [2.45, 2.75) is 37.0 Å². The molecular formula is C19H20N4O3. The number of amidine groups is 1. The normalized spacial score (nSPS) is 32.2. The Morgan fingerprint density at radius 2 is 2.04 bits per heavy atom. The third kappa shape index (κ3) is 2.13. The van der Waals surface area contributed by atoms with E-state index in [1.165, 1.54) is 6.33 Å². The Kier molecular flexibility index (Phi) is 3.24. The first-order valence-corrected chi connectivity index (χ1v) is 8.79. The Morgan fingerprint density at radius 3 is 2.81 bits per heavy atom. The molecule has 1 saturated heterocycles. The van der Waals surface area contributed by atoms with E-state index in [2.05, 4.69) is 23.0 Å². The molecule has 7 heteroatoms. The molecule has 0 amide bonds. The number of fused-ring (bicyclic) bond motifs is 4. The summed E-state index contributed by atoms with van der Waals surface area (Å²) in [5.74, 6) is 0.803. The summed E-state index contributed by atoms with van der Waals surface area (Å²) >= 11 is 0. The zero-order chi connectivity index (χ0) is 17.8. The van der Waals surface area contributed by atoms with Gasteiger partial charge in [0.05, 0.1) is 0 Å². The molecule has 134 valence electrons. The highest BCUT2D eigenvalue weighted by Gasteiger charge is 2.60. The fourth-order valence-corrected chi connectivity index (χ4v) is 4.37. The molecule has 1 aromatic heterocycles. The van der Waals surface area contributed by atoms with E-state index < -0.39 is 11.1 Å². The van der Waals surface area contributed by atoms with Crippen LogP contribution in [0.4, 0.5) is 0 Å². The van der Waals surface area contributed by atoms with Gasteiger partial charge in [0.2, 0.25) is 0 Å². The van der Waals surface area contributed by atoms with E-state index in [1.807, 2.05) is 12.1 Å². The van der Waals surface area contributed by atoms with E-state index in [0.29, 0.717) is 13.2 Å². The van der Waals surface area contributed by atoms with Crippen LogP contribution in [0.3, 0.4) is 0 Å². The van der Waals surface area contributed by atoms with Crippen molar-refractivity contribution < 1.29 is 14.2 Å². The van der Waals surface area contributed by atoms with Gasteiger partial charge >= 0.3 is 0 Å². The molecule has 0 bridgehead atoms. The van der Waals surface area contributed by atoms with Gasteiger partial charge in [0.1, 0.15) is 30.4 Å². The molecule has 1 unspecified atom stereocenters. The molecule has 3 aliphatic rings. The highest BCUT2D eigenvalue weighted by Crippen LogP contribution is 2.52. The number of ether oxygens (including phenoxy) is 3. The van der Waals surface area contributed by atoms with E-state index in [4.69, 9.17) is 24.9 Å². The Labute approximate surface area is 151 Å². The molecule has 1 aromatic carbocycles. The Morgan fingerprint density at radius 1 is 1.19 bits per heavy atom. The van der Waals surface area contributed by atoms with Crippen molar-refractivity contribution in [1.29, 1.82) is 0 Å². The highest BCUT2D eigenvalue weighted by atomic mass is 16.6. The van der Waals surface area contributed by atoms with Crippen LogP contribution in [0.5, 0.6) is 5.75 Å². The third-order valence-corrected chi connectivity index (χ3v) is 5.52. The van der Waals surface area contributed by atoms with Crippen LogP contribution >= 0.6 is 0 Å². The SMILES string of the molecule is C[C@]12CCCO[C@@H]1C1(COC(N)=N1)c1cc(-c3cncnc3)ccc1O2. The van der Waals surface area contributed by atoms with Crippen LogP contribution in [0.25, 0.3) is 11.1 Å². The standard InChI is InChI=1S/C19H20N4O3/c1-18-5-2-6-24-16(18)19(10-25-17(20)23-19)14-7-12(3-4-15(14)26-18)13-8-21-11-22-9-13/h3-4,7-9,11,16H,2,5-6,10H2,1H3,(H2,20,23)/t16-,18-,19?/m0/s1. The van der Waals surface area contributed by atoms with Gasteiger partial charge in [0.25, 0.3) is 6.02 Å². The number of hydrogen-bond acceptors (Lipinski definition) is 7. The predicted octanol–water partition coefficient (Wildman–Crippen LogP) is 2.01. The quantitative estimate of drug-likeness (QED) is 0.844. The maximum absolute atomic E-state index is 6.41. The van der Waals surface area contributed by atoms with Gasteiger partial charge in [-0.25, -0.2) is 15.0 Å². The summed E-state index contributed by atoms with van der Waals surface area (Å²) in [7, 11) is 0. The topological polar surface area (TPSA) is 91.9 Å². The minimum absolute atomic E-state index is 0.197. The lowest BCUT2D eigenvalue weighted by Crippen LogP contribution is -2.62. The zero-order valence-electron chi connectivity index (χ0n) is 14.5. The molecule has 2 aromatic rings. The van der Waals surface area contributed by atoms with Gasteiger partial charge in [-0.15, -0.1) is 0 Å². The maximum atomic E-state index is 6.41. The van der Waals surface area contributed by atoms with E-state index in [1.54, 1.807) is 12.4 Å². The van der Waals surface area contributed by atoms with Gasteiger partial charge in [-0.3, -0.25) is 0 Å². The Hall–Kier alpha value is -2.67. The van der Waals surface area contributed by atoms with Crippen LogP contribution in [0.1, 0.15) is 25.3 Å². The summed E-state index contributed by atoms with van der Waals surface area (Å²) in [6, 6.07) is 6.26. The minimum atomic E-state index is -0.696. The molecular weight excluding hydrogens is 332 g/mol. The second kappa shape index (κ2) is 5.41. The van der Waals surface area contributed by atoms with Crippen molar-refractivity contribution in [1.82, 2.24) is 9.97 Å². The van der Waals surface area contributed by atoms with Crippen molar-refractivity contribution in [3.63, 3.8) is 0 Å². The fraction of sp³-hybridized carbons (Fsp3) is 0.421. The summed E-state index contributed by atoms with van der Waals surface area (Å²) < 4.78 is 18.2. The number of aliphatic imine (C=N–C) groups is 1. The van der Waals surface area contributed by atoms with Crippen molar-refractivity contribution >= 4 is 6.02 Å². The first-order chi connectivity index (χ1) is 12.6. The number of nitrogens with zero attached hydrogens (tertiary/aromatic N) is 3. The first-order valence-electron chi connectivity index (χ1n) is 8.79. The molecule has 7 nitrogen and oxygen atoms in total. The average molecular weight is 352 g/mol. The lowest BCUT2D eigenvalue weighted by Gasteiger charge is -2.51. The molecule has 2 N–H and O–H groups in total. The second-order valence-corrected chi connectivity index (χ2v) is 7.27. The number of hydrogen-bond donors (Lipinski definition) is 1. The molecule has 0 saturated carbocycles. The van der Waals surface area contributed by atoms with Gasteiger partial charge in [-0.2, -0.15) is 0 Å². The van der Waals surface area contributed by atoms with Crippen LogP contribution in [0.2, 0.25) is 0 Å². The number of rotatable bonds is 1. The molecule has 0 radical (unpaired) electrons. The van der Waals surface area contributed by atoms with Gasteiger partial charge in [-0.05, 0) is 37.5 Å². The predicted molar refractivity (Wildman–Crippen MR) is 94.7 cm³/mol. The van der Waals surface area contributed by atoms with Crippen LogP contribution in [-0.2, 0) is 15.0 Å². The van der Waals surface area contributed by atoms with E-state index in [-0.39, 0.29) is 12.1 Å². The van der Waals surface area contributed by atoms with Gasteiger partial charge in [0, 0.05) is 30.1 Å². The second-order valence-electron chi connectivity index (χ2n) is 7.27. The monoisotopic (exact) mass is 352 g/mol. The molecule has 26 heavy (non-hydrogen) atoms. The molecule has 0 aliphatic carbocycles. The van der Waals surface area contributed by atoms with Crippen molar-refractivity contribution in [2.24, 2.45) is 10.7 Å². The third-order valence-electron chi connectivity index (χ3n) is 5.52. The van der Waals surface area contributed by atoms with Crippen LogP contribution in [0.15, 0.2) is 41.9 Å². The molecule has 1 spiro atoms. The minimum Gasteiger partial charge on any atom is -0.484 e. The van der Waals surface area contributed by atoms with Crippen LogP contribution in [0, 0.1) is 0 Å². The molecule has 3 atom stereocenters. The first kappa shape index (κ1) is 15.6. The Balaban J connectivity index is 1.71. The highest BCUT2D eigenvalue weighted by molar-refractivity contribution is 5.75. The Bertz CT molecular complexity index is 888. The summed E-state index contributed by atoms with van der Waals surface area (Å²) in [5, 5.41) is 0. The molecule has 3 aliphatic heterocycles. The van der Waals surface area contributed by atoms with Crippen molar-refractivity contribution in [3.05, 3.63) is 42.5 Å². The average Bonchev–Trinajstić information content (AvgIpc) is 3.04. The van der Waals surface area contributed by atoms with Crippen molar-refractivity contribution in [2.75, 3.05) is 13.2 Å².